The molecule has 3 aliphatic carbocycles. The topological polar surface area (TPSA) is 147 Å². The molecule has 0 radical (unpaired) electrons. The number of methoxy groups -OCH3 is 1. The second-order valence-electron chi connectivity index (χ2n) is 18.8. The van der Waals surface area contributed by atoms with Crippen molar-refractivity contribution in [2.24, 2.45) is 29.1 Å². The third kappa shape index (κ3) is 8.96. The maximum absolute atomic E-state index is 14.4. The first kappa shape index (κ1) is 44.0. The highest BCUT2D eigenvalue weighted by molar-refractivity contribution is 5.97. The fourth-order valence-corrected chi connectivity index (χ4v) is 11.0. The molecule has 3 aromatic rings. The van der Waals surface area contributed by atoms with Crippen molar-refractivity contribution in [2.75, 3.05) is 52.4 Å². The summed E-state index contributed by atoms with van der Waals surface area (Å²) in [5, 5.41) is 40.1. The Morgan fingerprint density at radius 3 is 2.45 bits per heavy atom. The van der Waals surface area contributed by atoms with Crippen molar-refractivity contribution in [3.63, 3.8) is 0 Å². The molecule has 0 aromatic heterocycles. The molecule has 326 valence electrons. The molecule has 60 heavy (non-hydrogen) atoms. The summed E-state index contributed by atoms with van der Waals surface area (Å²) < 4.78 is 6.18. The van der Waals surface area contributed by atoms with Crippen molar-refractivity contribution in [3.8, 4) is 16.9 Å². The molecule has 5 fully saturated rings. The zero-order valence-corrected chi connectivity index (χ0v) is 36.5. The summed E-state index contributed by atoms with van der Waals surface area (Å²) in [5.41, 5.74) is 5.01. The van der Waals surface area contributed by atoms with Crippen LogP contribution in [0.1, 0.15) is 74.9 Å². The third-order valence-corrected chi connectivity index (χ3v) is 14.3. The Balaban J connectivity index is 1.20. The Kier molecular flexibility index (Phi) is 13.6. The van der Waals surface area contributed by atoms with Gasteiger partial charge in [0.1, 0.15) is 17.9 Å². The summed E-state index contributed by atoms with van der Waals surface area (Å²) in [4.78, 5) is 39.3. The van der Waals surface area contributed by atoms with Crippen molar-refractivity contribution < 1.29 is 34.5 Å². The number of benzene rings is 3. The number of hydrogen-bond donors (Lipinski definition) is 5. The van der Waals surface area contributed by atoms with Gasteiger partial charge in [-0.3, -0.25) is 14.4 Å². The number of hydroxylamine groups is 2. The highest BCUT2D eigenvalue weighted by Gasteiger charge is 2.57. The number of carbonyl (C=O) groups is 2. The Bertz CT molecular complexity index is 1960. The quantitative estimate of drug-likeness (QED) is 0.135. The van der Waals surface area contributed by atoms with Crippen molar-refractivity contribution in [2.45, 2.75) is 103 Å². The van der Waals surface area contributed by atoms with Crippen LogP contribution in [0.3, 0.4) is 0 Å². The SMILES string of the molecule is COc1c(CN2O[C@@H](CO)[C@@H]([C@H](C)O)[C@H]2C(=O)N[C@H]2C[C@H]3C[C@@H]([C@@H]2C)C3(C)C)cccc1-c1cc(C(=O)N[C@@H](Cc2ccccc2)CN(C)C)cc(N2CCC[C@@H]2CO)c1. The number of para-hydroxylation sites is 1. The van der Waals surface area contributed by atoms with Crippen LogP contribution in [0.5, 0.6) is 5.75 Å². The Morgan fingerprint density at radius 2 is 1.80 bits per heavy atom. The van der Waals surface area contributed by atoms with Crippen LogP contribution in [-0.2, 0) is 22.6 Å². The van der Waals surface area contributed by atoms with Crippen LogP contribution in [0.2, 0.25) is 0 Å². The molecule has 2 heterocycles. The largest absolute Gasteiger partial charge is 0.496 e. The average Bonchev–Trinajstić information content (AvgIpc) is 3.86. The molecule has 8 rings (SSSR count). The minimum atomic E-state index is -0.919. The zero-order chi connectivity index (χ0) is 42.9. The van der Waals surface area contributed by atoms with Gasteiger partial charge in [0, 0.05) is 53.5 Å². The number of aliphatic hydroxyl groups excluding tert-OH is 3. The molecule has 2 aliphatic heterocycles. The van der Waals surface area contributed by atoms with Gasteiger partial charge < -0.3 is 40.5 Å². The van der Waals surface area contributed by atoms with Crippen molar-refractivity contribution in [1.29, 1.82) is 0 Å². The number of likely N-dealkylation sites (N-methyl/N-ethyl adjacent to an activating group) is 1. The average molecular weight is 826 g/mol. The predicted molar refractivity (Wildman–Crippen MR) is 233 cm³/mol. The maximum Gasteiger partial charge on any atom is 0.251 e. The van der Waals surface area contributed by atoms with Gasteiger partial charge in [-0.05, 0) is 106 Å². The van der Waals surface area contributed by atoms with Gasteiger partial charge in [-0.2, -0.15) is 5.06 Å². The lowest BCUT2D eigenvalue weighted by Crippen LogP contribution is -2.62. The Labute approximate surface area is 356 Å². The molecule has 5 N–H and O–H groups in total. The number of fused-ring (bicyclic) bond motifs is 2. The van der Waals surface area contributed by atoms with Gasteiger partial charge in [0.05, 0.1) is 39.0 Å². The number of amides is 2. The molecule has 5 aliphatic rings. The first-order valence-corrected chi connectivity index (χ1v) is 21.9. The number of aliphatic hydroxyl groups is 3. The molecule has 10 atom stereocenters. The van der Waals surface area contributed by atoms with Crippen LogP contribution in [0.4, 0.5) is 5.69 Å². The predicted octanol–water partition coefficient (Wildman–Crippen LogP) is 4.89. The number of ether oxygens (including phenoxy) is 1. The second kappa shape index (κ2) is 18.5. The summed E-state index contributed by atoms with van der Waals surface area (Å²) in [5.74, 6) is 0.911. The lowest BCUT2D eigenvalue weighted by atomic mass is 9.45. The number of hydrogen-bond acceptors (Lipinski definition) is 10. The Hall–Kier alpha value is -4.04. The van der Waals surface area contributed by atoms with Gasteiger partial charge in [0.2, 0.25) is 5.91 Å². The molecule has 2 saturated heterocycles. The van der Waals surface area contributed by atoms with Gasteiger partial charge in [-0.15, -0.1) is 0 Å². The van der Waals surface area contributed by atoms with Gasteiger partial charge >= 0.3 is 0 Å². The van der Waals surface area contributed by atoms with E-state index in [4.69, 9.17) is 9.57 Å². The highest BCUT2D eigenvalue weighted by Crippen LogP contribution is 2.61. The molecule has 3 aromatic carbocycles. The van der Waals surface area contributed by atoms with E-state index < -0.39 is 24.2 Å². The summed E-state index contributed by atoms with van der Waals surface area (Å²) in [6.45, 7) is 9.78. The van der Waals surface area contributed by atoms with Crippen LogP contribution in [-0.4, -0.2) is 121 Å². The third-order valence-electron chi connectivity index (χ3n) is 14.3. The van der Waals surface area contributed by atoms with E-state index in [1.807, 2.05) is 62.6 Å². The summed E-state index contributed by atoms with van der Waals surface area (Å²) >= 11 is 0. The van der Waals surface area contributed by atoms with E-state index in [0.29, 0.717) is 42.0 Å². The van der Waals surface area contributed by atoms with Crippen LogP contribution in [0.25, 0.3) is 11.1 Å². The molecule has 0 spiro atoms. The van der Waals surface area contributed by atoms with E-state index in [-0.39, 0.29) is 55.1 Å². The van der Waals surface area contributed by atoms with E-state index in [1.165, 1.54) is 6.42 Å². The molecule has 12 heteroatoms. The fraction of sp³-hybridized carbons (Fsp3) is 0.583. The van der Waals surface area contributed by atoms with Crippen LogP contribution in [0, 0.1) is 29.1 Å². The van der Waals surface area contributed by atoms with Gasteiger partial charge in [0.15, 0.2) is 0 Å². The monoisotopic (exact) mass is 826 g/mol. The highest BCUT2D eigenvalue weighted by atomic mass is 16.7. The van der Waals surface area contributed by atoms with Gasteiger partial charge in [0.25, 0.3) is 5.91 Å². The molecular formula is C48H67N5O7. The molecule has 0 unspecified atom stereocenters. The zero-order valence-electron chi connectivity index (χ0n) is 36.5. The first-order chi connectivity index (χ1) is 28.7. The van der Waals surface area contributed by atoms with Gasteiger partial charge in [-0.25, -0.2) is 0 Å². The van der Waals surface area contributed by atoms with Crippen molar-refractivity contribution in [1.82, 2.24) is 20.6 Å². The summed E-state index contributed by atoms with van der Waals surface area (Å²) in [7, 11) is 5.61. The minimum absolute atomic E-state index is 0.0121. The van der Waals surface area contributed by atoms with E-state index in [9.17, 15) is 24.9 Å². The first-order valence-electron chi connectivity index (χ1n) is 21.9. The van der Waals surface area contributed by atoms with Crippen molar-refractivity contribution in [3.05, 3.63) is 83.4 Å². The van der Waals surface area contributed by atoms with E-state index in [2.05, 4.69) is 59.4 Å². The van der Waals surface area contributed by atoms with E-state index >= 15 is 0 Å². The molecule has 2 amide bonds. The lowest BCUT2D eigenvalue weighted by Gasteiger charge is -2.62. The molecule has 12 nitrogen and oxygen atoms in total. The minimum Gasteiger partial charge on any atom is -0.496 e. The standard InChI is InChI=1S/C48H67N5O7/c1-29-40-23-35(48(40,3)4)24-41(29)50-47(58)44-43(30(2)56)42(28-55)60-53(44)25-32-15-11-17-39(45(32)59-7)33-20-34(22-38(21-33)52-18-12-16-37(52)27-54)46(57)49-36(26-51(5)6)19-31-13-9-8-10-14-31/h8-11,13-15,17,20-22,29-30,35-37,40-44,54-56H,12,16,18-19,23-28H2,1-7H3,(H,49,57)(H,50,58)/t29-,30-,35+,36-,37+,40-,41-,42-,43+,44-/m0/s1. The maximum atomic E-state index is 14.4. The fourth-order valence-electron chi connectivity index (χ4n) is 11.0. The van der Waals surface area contributed by atoms with Crippen LogP contribution < -0.4 is 20.3 Å². The number of anilines is 1. The summed E-state index contributed by atoms with van der Waals surface area (Å²) in [6.07, 6.45) is 2.88. The number of nitrogens with zero attached hydrogens (tertiary/aromatic N) is 3. The molecule has 2 bridgehead atoms. The van der Waals surface area contributed by atoms with Crippen LogP contribution >= 0.6 is 0 Å². The Morgan fingerprint density at radius 1 is 1.03 bits per heavy atom. The van der Waals surface area contributed by atoms with E-state index in [1.54, 1.807) is 19.1 Å². The normalized spacial score (nSPS) is 28.3. The summed E-state index contributed by atoms with van der Waals surface area (Å²) in [6, 6.07) is 20.8. The number of carbonyl (C=O) groups excluding carboxylic acids is 2. The van der Waals surface area contributed by atoms with Crippen molar-refractivity contribution >= 4 is 17.5 Å². The molecule has 3 saturated carbocycles. The number of rotatable bonds is 16. The van der Waals surface area contributed by atoms with Gasteiger partial charge in [-0.1, -0.05) is 69.3 Å². The van der Waals surface area contributed by atoms with E-state index in [0.717, 1.165) is 53.7 Å². The second-order valence-corrected chi connectivity index (χ2v) is 18.8. The molecular weight excluding hydrogens is 759 g/mol. The number of nitrogens with one attached hydrogen (secondary N) is 2. The van der Waals surface area contributed by atoms with Crippen LogP contribution in [0.15, 0.2) is 66.7 Å². The lowest BCUT2D eigenvalue weighted by molar-refractivity contribution is -0.183. The smallest absolute Gasteiger partial charge is 0.251 e.